The normalized spacial score (nSPS) is 16.2. The monoisotopic (exact) mass is 417 g/mol. The van der Waals surface area contributed by atoms with Crippen molar-refractivity contribution in [3.63, 3.8) is 0 Å². The van der Waals surface area contributed by atoms with Crippen molar-refractivity contribution >= 4 is 17.7 Å². The lowest BCUT2D eigenvalue weighted by atomic mass is 10.1. The van der Waals surface area contributed by atoms with Crippen molar-refractivity contribution in [1.82, 2.24) is 20.2 Å². The third-order valence-corrected chi connectivity index (χ3v) is 6.33. The predicted octanol–water partition coefficient (Wildman–Crippen LogP) is 3.51. The van der Waals surface area contributed by atoms with Gasteiger partial charge in [-0.2, -0.15) is 0 Å². The first-order chi connectivity index (χ1) is 13.9. The number of hydrogen-bond donors (Lipinski definition) is 2. The Kier molecular flexibility index (Phi) is 7.41. The summed E-state index contributed by atoms with van der Waals surface area (Å²) >= 11 is 1.32. The zero-order valence-electron chi connectivity index (χ0n) is 17.5. The molecule has 8 heteroatoms. The molecule has 0 bridgehead atoms. The van der Waals surface area contributed by atoms with Crippen molar-refractivity contribution in [3.05, 3.63) is 35.2 Å². The first-order valence-corrected chi connectivity index (χ1v) is 11.2. The van der Waals surface area contributed by atoms with Gasteiger partial charge >= 0.3 is 0 Å². The fourth-order valence-corrected chi connectivity index (χ4v) is 4.34. The summed E-state index contributed by atoms with van der Waals surface area (Å²) in [7, 11) is 0. The van der Waals surface area contributed by atoms with E-state index in [2.05, 4.69) is 21.6 Å². The van der Waals surface area contributed by atoms with E-state index in [1.54, 1.807) is 0 Å². The number of thioether (sulfide) groups is 1. The molecule has 0 aliphatic heterocycles. The number of aromatic nitrogens is 3. The van der Waals surface area contributed by atoms with Crippen molar-refractivity contribution in [2.75, 3.05) is 5.84 Å². The van der Waals surface area contributed by atoms with Crippen molar-refractivity contribution in [3.8, 4) is 5.75 Å². The maximum atomic E-state index is 12.6. The number of nitrogens with zero attached hydrogens (tertiary/aromatic N) is 3. The van der Waals surface area contributed by atoms with E-state index in [-0.39, 0.29) is 23.8 Å². The van der Waals surface area contributed by atoms with Crippen molar-refractivity contribution in [2.45, 2.75) is 82.4 Å². The Morgan fingerprint density at radius 2 is 2.00 bits per heavy atom. The number of aryl methyl sites for hydroxylation is 2. The molecule has 1 saturated carbocycles. The van der Waals surface area contributed by atoms with Gasteiger partial charge in [0.1, 0.15) is 12.4 Å². The average molecular weight is 418 g/mol. The molecular weight excluding hydrogens is 386 g/mol. The van der Waals surface area contributed by atoms with E-state index in [9.17, 15) is 4.79 Å². The van der Waals surface area contributed by atoms with Crippen LogP contribution in [0.3, 0.4) is 0 Å². The topological polar surface area (TPSA) is 95.1 Å². The minimum absolute atomic E-state index is 0.0259. The number of carbonyl (C=O) groups is 1. The molecule has 1 aromatic carbocycles. The van der Waals surface area contributed by atoms with E-state index in [4.69, 9.17) is 10.6 Å². The van der Waals surface area contributed by atoms with Crippen LogP contribution in [-0.4, -0.2) is 32.1 Å². The Bertz CT molecular complexity index is 830. The van der Waals surface area contributed by atoms with Gasteiger partial charge in [-0.25, -0.2) is 4.68 Å². The highest BCUT2D eigenvalue weighted by atomic mass is 32.2. The summed E-state index contributed by atoms with van der Waals surface area (Å²) in [6, 6.07) is 6.30. The maximum absolute atomic E-state index is 12.6. The van der Waals surface area contributed by atoms with Crippen molar-refractivity contribution in [1.29, 1.82) is 0 Å². The zero-order valence-corrected chi connectivity index (χ0v) is 18.3. The van der Waals surface area contributed by atoms with Gasteiger partial charge in [0.2, 0.25) is 11.1 Å². The Morgan fingerprint density at radius 3 is 2.69 bits per heavy atom. The number of carbonyl (C=O) groups excluding carboxylic acids is 1. The molecule has 2 aromatic rings. The summed E-state index contributed by atoms with van der Waals surface area (Å²) < 4.78 is 7.25. The first kappa shape index (κ1) is 21.5. The Morgan fingerprint density at radius 1 is 1.28 bits per heavy atom. The van der Waals surface area contributed by atoms with E-state index in [1.165, 1.54) is 47.7 Å². The lowest BCUT2D eigenvalue weighted by Crippen LogP contribution is -2.39. The maximum Gasteiger partial charge on any atom is 0.233 e. The molecule has 158 valence electrons. The fourth-order valence-electron chi connectivity index (χ4n) is 3.54. The highest BCUT2D eigenvalue weighted by Gasteiger charge is 2.22. The molecule has 0 saturated heterocycles. The molecule has 3 rings (SSSR count). The van der Waals surface area contributed by atoms with Crippen molar-refractivity contribution in [2.24, 2.45) is 0 Å². The quantitative estimate of drug-likeness (QED) is 0.407. The molecule has 7 nitrogen and oxygen atoms in total. The summed E-state index contributed by atoms with van der Waals surface area (Å²) in [5, 5.41) is 11.7. The molecule has 1 atom stereocenters. The van der Waals surface area contributed by atoms with Gasteiger partial charge in [-0.15, -0.1) is 10.2 Å². The Balaban J connectivity index is 1.54. The smallest absolute Gasteiger partial charge is 0.233 e. The first-order valence-electron chi connectivity index (χ1n) is 10.3. The highest BCUT2D eigenvalue weighted by Crippen LogP contribution is 2.24. The number of nitrogens with two attached hydrogens (primary N) is 1. The lowest BCUT2D eigenvalue weighted by molar-refractivity contribution is -0.121. The van der Waals surface area contributed by atoms with Crippen LogP contribution in [0.2, 0.25) is 0 Å². The Hall–Kier alpha value is -2.22. The standard InChI is InChI=1S/C21H31N5O2S/c1-14-10-11-18(15(2)12-14)28-13-19-24-25-21(26(19)22)29-16(3)20(27)23-17-8-6-4-5-7-9-17/h10-12,16-17H,4-9,13,22H2,1-3H3,(H,23,27)/t16-/m1/s1. The van der Waals surface area contributed by atoms with Gasteiger partial charge in [0.25, 0.3) is 0 Å². The van der Waals surface area contributed by atoms with Gasteiger partial charge in [-0.1, -0.05) is 55.1 Å². The third-order valence-electron chi connectivity index (χ3n) is 5.28. The number of benzene rings is 1. The molecule has 0 spiro atoms. The van der Waals surface area contributed by atoms with Gasteiger partial charge in [-0.3, -0.25) is 4.79 Å². The van der Waals surface area contributed by atoms with E-state index in [0.29, 0.717) is 11.0 Å². The van der Waals surface area contributed by atoms with Crippen LogP contribution in [0.1, 0.15) is 62.4 Å². The van der Waals surface area contributed by atoms with Gasteiger partial charge in [0, 0.05) is 6.04 Å². The van der Waals surface area contributed by atoms with Crippen LogP contribution in [-0.2, 0) is 11.4 Å². The molecule has 1 aliphatic rings. The second kappa shape index (κ2) is 10.0. The summed E-state index contributed by atoms with van der Waals surface area (Å²) in [6.07, 6.45) is 7.03. The second-order valence-corrected chi connectivity index (χ2v) is 9.09. The second-order valence-electron chi connectivity index (χ2n) is 7.78. The van der Waals surface area contributed by atoms with E-state index < -0.39 is 0 Å². The van der Waals surface area contributed by atoms with Crippen LogP contribution in [0.25, 0.3) is 0 Å². The van der Waals surface area contributed by atoms with E-state index in [1.807, 2.05) is 32.9 Å². The van der Waals surface area contributed by atoms with Gasteiger partial charge in [0.05, 0.1) is 5.25 Å². The van der Waals surface area contributed by atoms with Crippen LogP contribution in [0, 0.1) is 13.8 Å². The predicted molar refractivity (Wildman–Crippen MR) is 115 cm³/mol. The minimum atomic E-state index is -0.294. The van der Waals surface area contributed by atoms with Crippen molar-refractivity contribution < 1.29 is 9.53 Å². The van der Waals surface area contributed by atoms with Gasteiger partial charge < -0.3 is 15.9 Å². The van der Waals surface area contributed by atoms with Crippen LogP contribution in [0.4, 0.5) is 0 Å². The number of rotatable bonds is 7. The number of hydrogen-bond acceptors (Lipinski definition) is 6. The molecule has 1 fully saturated rings. The van der Waals surface area contributed by atoms with Gasteiger partial charge in [0.15, 0.2) is 5.82 Å². The van der Waals surface area contributed by atoms with Gasteiger partial charge in [-0.05, 0) is 45.2 Å². The molecule has 3 N–H and O–H groups in total. The van der Waals surface area contributed by atoms with Crippen LogP contribution >= 0.6 is 11.8 Å². The summed E-state index contributed by atoms with van der Waals surface area (Å²) in [5.41, 5.74) is 2.25. The molecular formula is C21H31N5O2S. The number of nitrogens with one attached hydrogen (secondary N) is 1. The molecule has 1 heterocycles. The fraction of sp³-hybridized carbons (Fsp3) is 0.571. The van der Waals surface area contributed by atoms with Crippen LogP contribution in [0.5, 0.6) is 5.75 Å². The summed E-state index contributed by atoms with van der Waals surface area (Å²) in [4.78, 5) is 12.6. The molecule has 1 amide bonds. The van der Waals surface area contributed by atoms with Crippen LogP contribution in [0.15, 0.2) is 23.4 Å². The van der Waals surface area contributed by atoms with Crippen LogP contribution < -0.4 is 15.9 Å². The zero-order chi connectivity index (χ0) is 20.8. The molecule has 1 aliphatic carbocycles. The number of nitrogen functional groups attached to an aromatic ring is 1. The number of amides is 1. The highest BCUT2D eigenvalue weighted by molar-refractivity contribution is 8.00. The molecule has 1 aromatic heterocycles. The average Bonchev–Trinajstić information content (AvgIpc) is 2.87. The van der Waals surface area contributed by atoms with E-state index >= 15 is 0 Å². The molecule has 0 radical (unpaired) electrons. The summed E-state index contributed by atoms with van der Waals surface area (Å²) in [5.74, 6) is 7.48. The Labute approximate surface area is 176 Å². The van der Waals surface area contributed by atoms with E-state index in [0.717, 1.165) is 24.2 Å². The minimum Gasteiger partial charge on any atom is -0.485 e. The summed E-state index contributed by atoms with van der Waals surface area (Å²) in [6.45, 7) is 6.14. The largest absolute Gasteiger partial charge is 0.485 e. The number of ether oxygens (including phenoxy) is 1. The SMILES string of the molecule is Cc1ccc(OCc2nnc(S[C@H](C)C(=O)NC3CCCCCC3)n2N)c(C)c1. The molecule has 0 unspecified atom stereocenters. The molecule has 29 heavy (non-hydrogen) atoms. The third kappa shape index (κ3) is 5.88. The lowest BCUT2D eigenvalue weighted by Gasteiger charge is -2.19.